The molecule has 0 radical (unpaired) electrons. The molecule has 0 bridgehead atoms. The Morgan fingerprint density at radius 2 is 2.33 bits per heavy atom. The van der Waals surface area contributed by atoms with Crippen LogP contribution in [0, 0.1) is 5.92 Å². The maximum Gasteiger partial charge on any atom is 0.144 e. The van der Waals surface area contributed by atoms with Crippen LogP contribution in [0.4, 0.5) is 11.4 Å². The number of hydrogen-bond acceptors (Lipinski definition) is 4. The molecule has 1 aliphatic rings. The van der Waals surface area contributed by atoms with E-state index >= 15 is 0 Å². The first-order chi connectivity index (χ1) is 8.74. The molecule has 4 nitrogen and oxygen atoms in total. The molecule has 0 saturated carbocycles. The lowest BCUT2D eigenvalue weighted by atomic mass is 9.98. The number of piperidine rings is 1. The van der Waals surface area contributed by atoms with E-state index in [1.54, 1.807) is 0 Å². The topological polar surface area (TPSA) is 58.7 Å². The van der Waals surface area contributed by atoms with E-state index in [1.807, 2.05) is 25.1 Å². The molecular formula is C14H22N2O2. The SMILES string of the molecule is CCOc1cc(N2CCCC(CO)C2)ccc1N. The minimum atomic E-state index is 0.268. The van der Waals surface area contributed by atoms with Gasteiger partial charge in [-0.1, -0.05) is 0 Å². The van der Waals surface area contributed by atoms with Crippen LogP contribution in [0.25, 0.3) is 0 Å². The molecule has 0 aliphatic carbocycles. The quantitative estimate of drug-likeness (QED) is 0.801. The lowest BCUT2D eigenvalue weighted by Gasteiger charge is -2.33. The highest BCUT2D eigenvalue weighted by molar-refractivity contribution is 5.62. The molecule has 1 aromatic carbocycles. The van der Waals surface area contributed by atoms with Gasteiger partial charge in [-0.2, -0.15) is 0 Å². The van der Waals surface area contributed by atoms with Crippen LogP contribution in [-0.4, -0.2) is 31.4 Å². The summed E-state index contributed by atoms with van der Waals surface area (Å²) in [6.07, 6.45) is 2.24. The van der Waals surface area contributed by atoms with Crippen LogP contribution in [0.15, 0.2) is 18.2 Å². The van der Waals surface area contributed by atoms with Crippen LogP contribution in [-0.2, 0) is 0 Å². The molecule has 1 saturated heterocycles. The van der Waals surface area contributed by atoms with Crippen LogP contribution in [0.2, 0.25) is 0 Å². The third-order valence-corrected chi connectivity index (χ3v) is 3.44. The molecule has 1 aliphatic heterocycles. The first kappa shape index (κ1) is 13.0. The van der Waals surface area contributed by atoms with Gasteiger partial charge in [0.15, 0.2) is 0 Å². The van der Waals surface area contributed by atoms with Crippen LogP contribution in [0.5, 0.6) is 5.75 Å². The molecule has 3 N–H and O–H groups in total. The van der Waals surface area contributed by atoms with Crippen molar-refractivity contribution in [3.63, 3.8) is 0 Å². The highest BCUT2D eigenvalue weighted by atomic mass is 16.5. The molecule has 1 fully saturated rings. The minimum absolute atomic E-state index is 0.268. The number of benzene rings is 1. The number of rotatable bonds is 4. The predicted octanol–water partition coefficient (Wildman–Crippen LogP) is 1.88. The molecule has 1 heterocycles. The van der Waals surface area contributed by atoms with E-state index in [1.165, 1.54) is 0 Å². The van der Waals surface area contributed by atoms with Gasteiger partial charge in [0, 0.05) is 31.5 Å². The van der Waals surface area contributed by atoms with Gasteiger partial charge in [0.25, 0.3) is 0 Å². The first-order valence-corrected chi connectivity index (χ1v) is 6.62. The fraction of sp³-hybridized carbons (Fsp3) is 0.571. The third-order valence-electron chi connectivity index (χ3n) is 3.44. The van der Waals surface area contributed by atoms with Crippen molar-refractivity contribution >= 4 is 11.4 Å². The highest BCUT2D eigenvalue weighted by Gasteiger charge is 2.20. The predicted molar refractivity (Wildman–Crippen MR) is 74.0 cm³/mol. The standard InChI is InChI=1S/C14H22N2O2/c1-2-18-14-8-12(5-6-13(14)15)16-7-3-4-11(9-16)10-17/h5-6,8,11,17H,2-4,7,9-10,15H2,1H3. The Labute approximate surface area is 108 Å². The number of nitrogens with zero attached hydrogens (tertiary/aromatic N) is 1. The van der Waals surface area contributed by atoms with E-state index < -0.39 is 0 Å². The van der Waals surface area contributed by atoms with E-state index in [4.69, 9.17) is 10.5 Å². The summed E-state index contributed by atoms with van der Waals surface area (Å²) in [4.78, 5) is 2.30. The number of aliphatic hydroxyl groups is 1. The lowest BCUT2D eigenvalue weighted by molar-refractivity contribution is 0.208. The third kappa shape index (κ3) is 2.88. The fourth-order valence-corrected chi connectivity index (χ4v) is 2.45. The summed E-state index contributed by atoms with van der Waals surface area (Å²) < 4.78 is 5.52. The van der Waals surface area contributed by atoms with Gasteiger partial charge in [-0.15, -0.1) is 0 Å². The van der Waals surface area contributed by atoms with Crippen molar-refractivity contribution in [1.82, 2.24) is 0 Å². The highest BCUT2D eigenvalue weighted by Crippen LogP contribution is 2.30. The molecule has 0 aromatic heterocycles. The summed E-state index contributed by atoms with van der Waals surface area (Å²) in [6.45, 7) is 4.78. The molecule has 1 aromatic rings. The Kier molecular flexibility index (Phi) is 4.31. The van der Waals surface area contributed by atoms with E-state index in [-0.39, 0.29) is 6.61 Å². The number of nitrogen functional groups attached to an aromatic ring is 1. The molecule has 2 rings (SSSR count). The summed E-state index contributed by atoms with van der Waals surface area (Å²) in [5.41, 5.74) is 7.68. The molecule has 1 unspecified atom stereocenters. The second-order valence-electron chi connectivity index (χ2n) is 4.79. The zero-order chi connectivity index (χ0) is 13.0. The summed E-state index contributed by atoms with van der Waals surface area (Å²) >= 11 is 0. The van der Waals surface area contributed by atoms with Gasteiger partial charge in [-0.3, -0.25) is 0 Å². The van der Waals surface area contributed by atoms with E-state index in [0.29, 0.717) is 18.2 Å². The zero-order valence-corrected chi connectivity index (χ0v) is 10.9. The smallest absolute Gasteiger partial charge is 0.144 e. The van der Waals surface area contributed by atoms with Gasteiger partial charge in [-0.25, -0.2) is 0 Å². The van der Waals surface area contributed by atoms with Crippen molar-refractivity contribution in [3.8, 4) is 5.75 Å². The van der Waals surface area contributed by atoms with Crippen LogP contribution in [0.3, 0.4) is 0 Å². The van der Waals surface area contributed by atoms with Crippen molar-refractivity contribution < 1.29 is 9.84 Å². The molecule has 0 amide bonds. The van der Waals surface area contributed by atoms with Gasteiger partial charge in [0.2, 0.25) is 0 Å². The second kappa shape index (κ2) is 5.96. The van der Waals surface area contributed by atoms with Gasteiger partial charge < -0.3 is 20.5 Å². The van der Waals surface area contributed by atoms with Crippen molar-refractivity contribution in [1.29, 1.82) is 0 Å². The van der Waals surface area contributed by atoms with Crippen molar-refractivity contribution in [2.24, 2.45) is 5.92 Å². The number of anilines is 2. The fourth-order valence-electron chi connectivity index (χ4n) is 2.45. The van der Waals surface area contributed by atoms with Crippen LogP contribution >= 0.6 is 0 Å². The van der Waals surface area contributed by atoms with Crippen LogP contribution in [0.1, 0.15) is 19.8 Å². The minimum Gasteiger partial charge on any atom is -0.492 e. The van der Waals surface area contributed by atoms with Crippen LogP contribution < -0.4 is 15.4 Å². The number of aliphatic hydroxyl groups excluding tert-OH is 1. The molecule has 0 spiro atoms. The molecule has 100 valence electrons. The maximum atomic E-state index is 9.27. The average Bonchev–Trinajstić information content (AvgIpc) is 2.41. The normalized spacial score (nSPS) is 19.9. The summed E-state index contributed by atoms with van der Waals surface area (Å²) in [6, 6.07) is 5.92. The summed E-state index contributed by atoms with van der Waals surface area (Å²) in [5, 5.41) is 9.27. The Bertz CT molecular complexity index is 395. The first-order valence-electron chi connectivity index (χ1n) is 6.62. The molecule has 4 heteroatoms. The van der Waals surface area contributed by atoms with Crippen molar-refractivity contribution in [2.45, 2.75) is 19.8 Å². The zero-order valence-electron chi connectivity index (χ0n) is 10.9. The van der Waals surface area contributed by atoms with Crippen molar-refractivity contribution in [2.75, 3.05) is 36.9 Å². The van der Waals surface area contributed by atoms with Gasteiger partial charge in [-0.05, 0) is 37.8 Å². The summed E-state index contributed by atoms with van der Waals surface area (Å²) in [5.74, 6) is 1.13. The monoisotopic (exact) mass is 250 g/mol. The van der Waals surface area contributed by atoms with Crippen molar-refractivity contribution in [3.05, 3.63) is 18.2 Å². The number of ether oxygens (including phenoxy) is 1. The van der Waals surface area contributed by atoms with E-state index in [0.717, 1.165) is 37.4 Å². The Morgan fingerprint density at radius 3 is 3.06 bits per heavy atom. The van der Waals surface area contributed by atoms with Gasteiger partial charge in [0.05, 0.1) is 12.3 Å². The second-order valence-corrected chi connectivity index (χ2v) is 4.79. The molecular weight excluding hydrogens is 228 g/mol. The Balaban J connectivity index is 2.14. The Hall–Kier alpha value is -1.42. The maximum absolute atomic E-state index is 9.27. The average molecular weight is 250 g/mol. The lowest BCUT2D eigenvalue weighted by Crippen LogP contribution is -2.36. The largest absolute Gasteiger partial charge is 0.492 e. The van der Waals surface area contributed by atoms with E-state index in [2.05, 4.69) is 4.90 Å². The molecule has 18 heavy (non-hydrogen) atoms. The van der Waals surface area contributed by atoms with E-state index in [9.17, 15) is 5.11 Å². The summed E-state index contributed by atoms with van der Waals surface area (Å²) in [7, 11) is 0. The van der Waals surface area contributed by atoms with Gasteiger partial charge in [0.1, 0.15) is 5.75 Å². The number of hydrogen-bond donors (Lipinski definition) is 2. The number of nitrogens with two attached hydrogens (primary N) is 1. The van der Waals surface area contributed by atoms with Gasteiger partial charge >= 0.3 is 0 Å². The molecule has 1 atom stereocenters. The Morgan fingerprint density at radius 1 is 1.50 bits per heavy atom.